The molecule has 1 aromatic rings. The highest BCUT2D eigenvalue weighted by Gasteiger charge is 2.04. The van der Waals surface area contributed by atoms with Gasteiger partial charge in [-0.2, -0.15) is 0 Å². The number of ether oxygens (including phenoxy) is 2. The molecule has 0 heterocycles. The maximum absolute atomic E-state index is 5.76. The van der Waals surface area contributed by atoms with Gasteiger partial charge in [-0.1, -0.05) is 19.9 Å². The van der Waals surface area contributed by atoms with Crippen LogP contribution in [0.1, 0.15) is 44.2 Å². The molecule has 0 spiro atoms. The van der Waals surface area contributed by atoms with Crippen molar-refractivity contribution >= 4 is 0 Å². The van der Waals surface area contributed by atoms with Crippen molar-refractivity contribution in [2.75, 3.05) is 32.9 Å². The van der Waals surface area contributed by atoms with Crippen LogP contribution in [0.15, 0.2) is 18.2 Å². The van der Waals surface area contributed by atoms with E-state index in [1.807, 2.05) is 6.92 Å². The molecule has 0 bridgehead atoms. The fourth-order valence-corrected chi connectivity index (χ4v) is 2.20. The minimum atomic E-state index is 0.566. The lowest BCUT2D eigenvalue weighted by Crippen LogP contribution is -2.23. The summed E-state index contributed by atoms with van der Waals surface area (Å²) in [5, 5.41) is 3.35. The topological polar surface area (TPSA) is 30.5 Å². The monoisotopic (exact) mass is 279 g/mol. The number of nitrogens with one attached hydrogen (secondary N) is 1. The third-order valence-corrected chi connectivity index (χ3v) is 3.26. The highest BCUT2D eigenvalue weighted by molar-refractivity contribution is 5.36. The molecule has 0 saturated carbocycles. The van der Waals surface area contributed by atoms with E-state index in [4.69, 9.17) is 9.47 Å². The highest BCUT2D eigenvalue weighted by atomic mass is 16.5. The summed E-state index contributed by atoms with van der Waals surface area (Å²) in [5.41, 5.74) is 2.70. The van der Waals surface area contributed by atoms with Crippen molar-refractivity contribution < 1.29 is 9.47 Å². The summed E-state index contributed by atoms with van der Waals surface area (Å²) in [5.74, 6) is 1.53. The van der Waals surface area contributed by atoms with Crippen molar-refractivity contribution in [1.82, 2.24) is 5.32 Å². The zero-order valence-corrected chi connectivity index (χ0v) is 13.4. The highest BCUT2D eigenvalue weighted by Crippen LogP contribution is 2.23. The summed E-state index contributed by atoms with van der Waals surface area (Å²) in [4.78, 5) is 0. The minimum absolute atomic E-state index is 0.566. The average molecular weight is 279 g/mol. The van der Waals surface area contributed by atoms with Gasteiger partial charge in [-0.05, 0) is 56.0 Å². The van der Waals surface area contributed by atoms with Crippen LogP contribution in [0.25, 0.3) is 0 Å². The van der Waals surface area contributed by atoms with Crippen LogP contribution in [0.4, 0.5) is 0 Å². The molecule has 0 aliphatic heterocycles. The first-order valence-corrected chi connectivity index (χ1v) is 7.67. The largest absolute Gasteiger partial charge is 0.492 e. The van der Waals surface area contributed by atoms with Crippen LogP contribution in [-0.4, -0.2) is 32.9 Å². The molecule has 0 saturated heterocycles. The van der Waals surface area contributed by atoms with Gasteiger partial charge in [0.25, 0.3) is 0 Å². The Hall–Kier alpha value is -1.06. The third-order valence-electron chi connectivity index (χ3n) is 3.26. The predicted octanol–water partition coefficient (Wildman–Crippen LogP) is 3.51. The van der Waals surface area contributed by atoms with Crippen LogP contribution in [0.2, 0.25) is 0 Å². The van der Waals surface area contributed by atoms with Crippen LogP contribution in [0.3, 0.4) is 0 Å². The fourth-order valence-electron chi connectivity index (χ4n) is 2.20. The number of hydrogen-bond acceptors (Lipinski definition) is 3. The summed E-state index contributed by atoms with van der Waals surface area (Å²) >= 11 is 0. The SMILES string of the molecule is CCOCCCNCCOc1ccc(C(C)C)c(C)c1. The zero-order chi connectivity index (χ0) is 14.8. The van der Waals surface area contributed by atoms with Crippen molar-refractivity contribution in [3.63, 3.8) is 0 Å². The van der Waals surface area contributed by atoms with E-state index in [2.05, 4.69) is 44.3 Å². The van der Waals surface area contributed by atoms with E-state index in [1.54, 1.807) is 0 Å². The minimum Gasteiger partial charge on any atom is -0.492 e. The van der Waals surface area contributed by atoms with Crippen LogP contribution in [0, 0.1) is 6.92 Å². The second-order valence-electron chi connectivity index (χ2n) is 5.32. The van der Waals surface area contributed by atoms with Gasteiger partial charge in [0.1, 0.15) is 12.4 Å². The van der Waals surface area contributed by atoms with Crippen molar-refractivity contribution in [2.24, 2.45) is 0 Å². The lowest BCUT2D eigenvalue weighted by molar-refractivity contribution is 0.144. The smallest absolute Gasteiger partial charge is 0.119 e. The van der Waals surface area contributed by atoms with E-state index < -0.39 is 0 Å². The maximum atomic E-state index is 5.76. The van der Waals surface area contributed by atoms with E-state index in [0.717, 1.165) is 38.5 Å². The number of aryl methyl sites for hydroxylation is 1. The second kappa shape index (κ2) is 9.78. The Labute approximate surface area is 123 Å². The number of rotatable bonds is 10. The molecule has 0 aliphatic rings. The average Bonchev–Trinajstić information content (AvgIpc) is 2.41. The molecular weight excluding hydrogens is 250 g/mol. The summed E-state index contributed by atoms with van der Waals surface area (Å²) in [6.07, 6.45) is 1.05. The number of benzene rings is 1. The Balaban J connectivity index is 2.18. The second-order valence-corrected chi connectivity index (χ2v) is 5.32. The first-order valence-electron chi connectivity index (χ1n) is 7.67. The molecule has 0 aliphatic carbocycles. The van der Waals surface area contributed by atoms with Gasteiger partial charge in [0.05, 0.1) is 0 Å². The normalized spacial score (nSPS) is 11.1. The van der Waals surface area contributed by atoms with Gasteiger partial charge in [-0.15, -0.1) is 0 Å². The van der Waals surface area contributed by atoms with Crippen LogP contribution < -0.4 is 10.1 Å². The van der Waals surface area contributed by atoms with Crippen LogP contribution in [-0.2, 0) is 4.74 Å². The fraction of sp³-hybridized carbons (Fsp3) is 0.647. The Morgan fingerprint density at radius 3 is 2.60 bits per heavy atom. The number of hydrogen-bond donors (Lipinski definition) is 1. The summed E-state index contributed by atoms with van der Waals surface area (Å²) in [7, 11) is 0. The molecule has 3 heteroatoms. The van der Waals surface area contributed by atoms with Crippen molar-refractivity contribution in [1.29, 1.82) is 0 Å². The Morgan fingerprint density at radius 1 is 1.15 bits per heavy atom. The first-order chi connectivity index (χ1) is 9.65. The molecule has 0 atom stereocenters. The molecular formula is C17H29NO2. The molecule has 0 fully saturated rings. The summed E-state index contributed by atoms with van der Waals surface area (Å²) < 4.78 is 11.0. The van der Waals surface area contributed by atoms with Gasteiger partial charge in [0.15, 0.2) is 0 Å². The van der Waals surface area contributed by atoms with Crippen molar-refractivity contribution in [3.05, 3.63) is 29.3 Å². The summed E-state index contributed by atoms with van der Waals surface area (Å²) in [6.45, 7) is 12.8. The van der Waals surface area contributed by atoms with Crippen LogP contribution >= 0.6 is 0 Å². The van der Waals surface area contributed by atoms with E-state index in [9.17, 15) is 0 Å². The van der Waals surface area contributed by atoms with E-state index in [-0.39, 0.29) is 0 Å². The third kappa shape index (κ3) is 6.40. The van der Waals surface area contributed by atoms with Gasteiger partial charge in [0.2, 0.25) is 0 Å². The zero-order valence-electron chi connectivity index (χ0n) is 13.4. The molecule has 114 valence electrons. The van der Waals surface area contributed by atoms with Gasteiger partial charge in [-0.3, -0.25) is 0 Å². The quantitative estimate of drug-likeness (QED) is 0.665. The predicted molar refractivity (Wildman–Crippen MR) is 84.7 cm³/mol. The lowest BCUT2D eigenvalue weighted by Gasteiger charge is -2.12. The van der Waals surface area contributed by atoms with E-state index >= 15 is 0 Å². The van der Waals surface area contributed by atoms with Crippen molar-refractivity contribution in [3.8, 4) is 5.75 Å². The van der Waals surface area contributed by atoms with E-state index in [1.165, 1.54) is 11.1 Å². The molecule has 1 rings (SSSR count). The van der Waals surface area contributed by atoms with Gasteiger partial charge >= 0.3 is 0 Å². The lowest BCUT2D eigenvalue weighted by atomic mass is 9.98. The Bertz CT molecular complexity index is 377. The van der Waals surface area contributed by atoms with Gasteiger partial charge in [-0.25, -0.2) is 0 Å². The maximum Gasteiger partial charge on any atom is 0.119 e. The molecule has 1 N–H and O–H groups in total. The first kappa shape index (κ1) is 17.0. The molecule has 0 unspecified atom stereocenters. The molecule has 0 amide bonds. The summed E-state index contributed by atoms with van der Waals surface area (Å²) in [6, 6.07) is 6.37. The standard InChI is InChI=1S/C17H29NO2/c1-5-19-11-6-9-18-10-12-20-16-7-8-17(14(2)3)15(4)13-16/h7-8,13-14,18H,5-6,9-12H2,1-4H3. The Morgan fingerprint density at radius 2 is 1.95 bits per heavy atom. The molecule has 1 aromatic carbocycles. The molecule has 0 aromatic heterocycles. The molecule has 3 nitrogen and oxygen atoms in total. The van der Waals surface area contributed by atoms with E-state index in [0.29, 0.717) is 12.5 Å². The van der Waals surface area contributed by atoms with Gasteiger partial charge in [0, 0.05) is 19.8 Å². The molecule has 0 radical (unpaired) electrons. The Kier molecular flexibility index (Phi) is 8.31. The van der Waals surface area contributed by atoms with Crippen LogP contribution in [0.5, 0.6) is 5.75 Å². The van der Waals surface area contributed by atoms with Gasteiger partial charge < -0.3 is 14.8 Å². The molecule has 20 heavy (non-hydrogen) atoms. The van der Waals surface area contributed by atoms with Crippen molar-refractivity contribution in [2.45, 2.75) is 40.0 Å².